The minimum absolute atomic E-state index is 0.210. The quantitative estimate of drug-likeness (QED) is 0.781. The largest absolute Gasteiger partial charge is 0.495 e. The minimum atomic E-state index is -0.210. The highest BCUT2D eigenvalue weighted by Crippen LogP contribution is 2.37. The Morgan fingerprint density at radius 1 is 1.20 bits per heavy atom. The van der Waals surface area contributed by atoms with Crippen molar-refractivity contribution in [3.05, 3.63) is 41.2 Å². The van der Waals surface area contributed by atoms with E-state index in [1.165, 1.54) is 0 Å². The zero-order valence-corrected chi connectivity index (χ0v) is 15.5. The van der Waals surface area contributed by atoms with E-state index in [1.807, 2.05) is 13.8 Å². The van der Waals surface area contributed by atoms with Crippen LogP contribution in [-0.4, -0.2) is 31.7 Å². The summed E-state index contributed by atoms with van der Waals surface area (Å²) < 4.78 is 10.6. The van der Waals surface area contributed by atoms with Crippen molar-refractivity contribution >= 4 is 28.9 Å². The third-order valence-corrected chi connectivity index (χ3v) is 3.71. The number of hydrogen-bond donors (Lipinski definition) is 2. The molecule has 0 saturated heterocycles. The number of nitrogens with one attached hydrogen (secondary N) is 2. The van der Waals surface area contributed by atoms with Crippen LogP contribution in [0.4, 0.5) is 11.4 Å². The average molecular weight is 364 g/mol. The van der Waals surface area contributed by atoms with Crippen LogP contribution in [0.5, 0.6) is 11.5 Å². The molecule has 2 N–H and O–H groups in total. The van der Waals surface area contributed by atoms with Crippen molar-refractivity contribution in [2.75, 3.05) is 26.1 Å². The lowest BCUT2D eigenvalue weighted by Gasteiger charge is -2.14. The Hall–Kier alpha value is -2.47. The molecule has 2 rings (SSSR count). The highest BCUT2D eigenvalue weighted by Gasteiger charge is 2.12. The second-order valence-electron chi connectivity index (χ2n) is 5.85. The average Bonchev–Trinajstić information content (AvgIpc) is 2.60. The fourth-order valence-electron chi connectivity index (χ4n) is 2.13. The number of benzene rings is 1. The minimum Gasteiger partial charge on any atom is -0.495 e. The van der Waals surface area contributed by atoms with Crippen LogP contribution >= 0.6 is 11.6 Å². The van der Waals surface area contributed by atoms with E-state index in [2.05, 4.69) is 15.6 Å². The van der Waals surface area contributed by atoms with Gasteiger partial charge in [-0.3, -0.25) is 9.78 Å². The molecule has 0 fully saturated rings. The van der Waals surface area contributed by atoms with Crippen LogP contribution < -0.4 is 20.1 Å². The summed E-state index contributed by atoms with van der Waals surface area (Å²) in [7, 11) is 3.10. The number of hydrogen-bond acceptors (Lipinski definition) is 5. The molecule has 6 nitrogen and oxygen atoms in total. The number of aromatic nitrogens is 1. The molecule has 0 unspecified atom stereocenters. The Morgan fingerprint density at radius 3 is 2.56 bits per heavy atom. The lowest BCUT2D eigenvalue weighted by atomic mass is 10.2. The molecule has 1 heterocycles. The van der Waals surface area contributed by atoms with Crippen LogP contribution in [0.15, 0.2) is 30.5 Å². The van der Waals surface area contributed by atoms with Gasteiger partial charge < -0.3 is 20.1 Å². The van der Waals surface area contributed by atoms with E-state index in [-0.39, 0.29) is 5.91 Å². The maximum atomic E-state index is 12.2. The van der Waals surface area contributed by atoms with Crippen molar-refractivity contribution in [2.45, 2.75) is 13.8 Å². The van der Waals surface area contributed by atoms with E-state index in [0.717, 1.165) is 0 Å². The van der Waals surface area contributed by atoms with Gasteiger partial charge in [0.2, 0.25) is 0 Å². The lowest BCUT2D eigenvalue weighted by molar-refractivity contribution is 0.0944. The number of nitrogens with zero attached hydrogens (tertiary/aromatic N) is 1. The first-order chi connectivity index (χ1) is 11.9. The third kappa shape index (κ3) is 5.00. The van der Waals surface area contributed by atoms with Crippen LogP contribution in [0, 0.1) is 5.92 Å². The van der Waals surface area contributed by atoms with E-state index in [9.17, 15) is 4.79 Å². The van der Waals surface area contributed by atoms with Gasteiger partial charge in [-0.05, 0) is 18.1 Å². The van der Waals surface area contributed by atoms with Gasteiger partial charge in [-0.1, -0.05) is 25.4 Å². The molecule has 134 valence electrons. The second kappa shape index (κ2) is 8.58. The van der Waals surface area contributed by atoms with Gasteiger partial charge in [-0.2, -0.15) is 0 Å². The number of pyridine rings is 1. The molecule has 1 aromatic heterocycles. The molecular formula is C18H22ClN3O3. The molecule has 0 bridgehead atoms. The van der Waals surface area contributed by atoms with Gasteiger partial charge in [0, 0.05) is 30.6 Å². The van der Waals surface area contributed by atoms with Crippen LogP contribution in [0.2, 0.25) is 5.02 Å². The predicted molar refractivity (Wildman–Crippen MR) is 99.2 cm³/mol. The summed E-state index contributed by atoms with van der Waals surface area (Å²) >= 11 is 6.11. The van der Waals surface area contributed by atoms with Crippen LogP contribution in [0.3, 0.4) is 0 Å². The van der Waals surface area contributed by atoms with Crippen LogP contribution in [0.25, 0.3) is 0 Å². The van der Waals surface area contributed by atoms with Gasteiger partial charge in [0.25, 0.3) is 5.91 Å². The summed E-state index contributed by atoms with van der Waals surface area (Å²) in [6.07, 6.45) is 1.58. The first-order valence-electron chi connectivity index (χ1n) is 7.87. The van der Waals surface area contributed by atoms with Crippen molar-refractivity contribution in [2.24, 2.45) is 5.92 Å². The molecule has 0 aliphatic carbocycles. The fraction of sp³-hybridized carbons (Fsp3) is 0.333. The maximum Gasteiger partial charge on any atom is 0.269 e. The molecule has 0 radical (unpaired) electrons. The van der Waals surface area contributed by atoms with Gasteiger partial charge in [0.05, 0.1) is 24.9 Å². The zero-order valence-electron chi connectivity index (χ0n) is 14.7. The normalized spacial score (nSPS) is 10.5. The molecule has 0 aliphatic rings. The molecule has 2 aromatic rings. The Bertz CT molecular complexity index is 750. The molecule has 0 atom stereocenters. The van der Waals surface area contributed by atoms with Crippen molar-refractivity contribution in [3.63, 3.8) is 0 Å². The topological polar surface area (TPSA) is 72.5 Å². The zero-order chi connectivity index (χ0) is 18.4. The van der Waals surface area contributed by atoms with E-state index in [1.54, 1.807) is 44.7 Å². The van der Waals surface area contributed by atoms with Gasteiger partial charge in [0.1, 0.15) is 17.2 Å². The third-order valence-electron chi connectivity index (χ3n) is 3.42. The molecule has 0 spiro atoms. The highest BCUT2D eigenvalue weighted by molar-refractivity contribution is 6.32. The summed E-state index contributed by atoms with van der Waals surface area (Å²) in [6, 6.07) is 6.84. The van der Waals surface area contributed by atoms with E-state index in [0.29, 0.717) is 46.1 Å². The molecule has 0 saturated carbocycles. The van der Waals surface area contributed by atoms with Crippen molar-refractivity contribution in [1.29, 1.82) is 0 Å². The standard InChI is InChI=1S/C18H22ClN3O3/c1-11(2)10-21-18(23)15-7-12(5-6-20-15)22-14-9-16(24-3)13(19)8-17(14)25-4/h5-9,11H,10H2,1-4H3,(H,20,22)(H,21,23). The first kappa shape index (κ1) is 18.9. The highest BCUT2D eigenvalue weighted by atomic mass is 35.5. The van der Waals surface area contributed by atoms with E-state index < -0.39 is 0 Å². The second-order valence-corrected chi connectivity index (χ2v) is 6.25. The van der Waals surface area contributed by atoms with Crippen molar-refractivity contribution < 1.29 is 14.3 Å². The van der Waals surface area contributed by atoms with Gasteiger partial charge in [-0.15, -0.1) is 0 Å². The van der Waals surface area contributed by atoms with E-state index >= 15 is 0 Å². The summed E-state index contributed by atoms with van der Waals surface area (Å²) in [5, 5.41) is 6.50. The molecular weight excluding hydrogens is 342 g/mol. The van der Waals surface area contributed by atoms with Gasteiger partial charge in [-0.25, -0.2) is 0 Å². The smallest absolute Gasteiger partial charge is 0.269 e. The number of carbonyl (C=O) groups is 1. The molecule has 7 heteroatoms. The molecule has 0 aliphatic heterocycles. The van der Waals surface area contributed by atoms with E-state index in [4.69, 9.17) is 21.1 Å². The SMILES string of the molecule is COc1cc(Nc2ccnc(C(=O)NCC(C)C)c2)c(OC)cc1Cl. The number of anilines is 2. The van der Waals surface area contributed by atoms with Crippen LogP contribution in [0.1, 0.15) is 24.3 Å². The van der Waals surface area contributed by atoms with Gasteiger partial charge in [0.15, 0.2) is 0 Å². The number of amides is 1. The van der Waals surface area contributed by atoms with Gasteiger partial charge >= 0.3 is 0 Å². The Labute approximate surface area is 152 Å². The number of ether oxygens (including phenoxy) is 2. The first-order valence-corrected chi connectivity index (χ1v) is 8.25. The fourth-order valence-corrected chi connectivity index (χ4v) is 2.36. The summed E-state index contributed by atoms with van der Waals surface area (Å²) in [5.74, 6) is 1.25. The lowest BCUT2D eigenvalue weighted by Crippen LogP contribution is -2.28. The maximum absolute atomic E-state index is 12.2. The number of carbonyl (C=O) groups excluding carboxylic acids is 1. The summed E-state index contributed by atoms with van der Waals surface area (Å²) in [4.78, 5) is 16.3. The number of methoxy groups -OCH3 is 2. The van der Waals surface area contributed by atoms with Crippen molar-refractivity contribution in [1.82, 2.24) is 10.3 Å². The molecule has 1 aromatic carbocycles. The molecule has 25 heavy (non-hydrogen) atoms. The monoisotopic (exact) mass is 363 g/mol. The summed E-state index contributed by atoms with van der Waals surface area (Å²) in [6.45, 7) is 4.66. The van der Waals surface area contributed by atoms with Crippen LogP contribution in [-0.2, 0) is 0 Å². The predicted octanol–water partition coefficient (Wildman–Crippen LogP) is 3.88. The number of rotatable bonds is 7. The summed E-state index contributed by atoms with van der Waals surface area (Å²) in [5.41, 5.74) is 1.71. The number of halogens is 1. The van der Waals surface area contributed by atoms with Crippen molar-refractivity contribution in [3.8, 4) is 11.5 Å². The Balaban J connectivity index is 2.23. The molecule has 1 amide bonds. The Kier molecular flexibility index (Phi) is 6.47. The Morgan fingerprint density at radius 2 is 1.92 bits per heavy atom.